The van der Waals surface area contributed by atoms with Gasteiger partial charge in [-0.15, -0.1) is 0 Å². The Morgan fingerprint density at radius 3 is 2.73 bits per heavy atom. The Morgan fingerprint density at radius 2 is 2.18 bits per heavy atom. The monoisotopic (exact) mass is 154 g/mol. The number of hydrogen-bond acceptors (Lipinski definition) is 1. The summed E-state index contributed by atoms with van der Waals surface area (Å²) in [4.78, 5) is 0. The predicted octanol–water partition coefficient (Wildman–Crippen LogP) is 2.65. The third kappa shape index (κ3) is 3.06. The highest BCUT2D eigenvalue weighted by Gasteiger charge is 2.18. The second-order valence-corrected chi connectivity index (χ2v) is 3.42. The molecular formula is C10H18O. The quantitative estimate of drug-likeness (QED) is 0.487. The Kier molecular flexibility index (Phi) is 3.64. The van der Waals surface area contributed by atoms with E-state index in [1.807, 2.05) is 0 Å². The normalized spacial score (nSPS) is 23.1. The van der Waals surface area contributed by atoms with E-state index in [0.29, 0.717) is 0 Å². The maximum absolute atomic E-state index is 8.98. The van der Waals surface area contributed by atoms with E-state index in [2.05, 4.69) is 13.0 Å². The minimum absolute atomic E-state index is 0.0209. The Morgan fingerprint density at radius 1 is 1.45 bits per heavy atom. The molecular weight excluding hydrogens is 136 g/mol. The van der Waals surface area contributed by atoms with Gasteiger partial charge in [-0.25, -0.2) is 0 Å². The van der Waals surface area contributed by atoms with Crippen LogP contribution in [0.1, 0.15) is 45.4 Å². The number of unbranched alkanes of at least 4 members (excludes halogenated alkanes) is 3. The van der Waals surface area contributed by atoms with Crippen molar-refractivity contribution in [2.45, 2.75) is 51.6 Å². The van der Waals surface area contributed by atoms with Gasteiger partial charge < -0.3 is 5.11 Å². The van der Waals surface area contributed by atoms with Crippen molar-refractivity contribution in [3.8, 4) is 0 Å². The van der Waals surface area contributed by atoms with Crippen LogP contribution in [0, 0.1) is 0 Å². The third-order valence-corrected chi connectivity index (χ3v) is 2.24. The second kappa shape index (κ2) is 4.55. The zero-order valence-corrected chi connectivity index (χ0v) is 7.34. The topological polar surface area (TPSA) is 20.2 Å². The molecule has 0 radical (unpaired) electrons. The Labute approximate surface area is 69.1 Å². The second-order valence-electron chi connectivity index (χ2n) is 3.42. The molecule has 0 amide bonds. The molecule has 11 heavy (non-hydrogen) atoms. The van der Waals surface area contributed by atoms with E-state index < -0.39 is 0 Å². The smallest absolute Gasteiger partial charge is 0.0614 e. The van der Waals surface area contributed by atoms with E-state index in [0.717, 1.165) is 12.8 Å². The van der Waals surface area contributed by atoms with Gasteiger partial charge >= 0.3 is 0 Å². The van der Waals surface area contributed by atoms with E-state index in [9.17, 15) is 0 Å². The summed E-state index contributed by atoms with van der Waals surface area (Å²) in [6.45, 7) is 2.22. The summed E-state index contributed by atoms with van der Waals surface area (Å²) in [6.07, 6.45) is 9.33. The Bertz CT molecular complexity index is 130. The van der Waals surface area contributed by atoms with Gasteiger partial charge in [-0.2, -0.15) is 0 Å². The summed E-state index contributed by atoms with van der Waals surface area (Å²) >= 11 is 0. The Balaban J connectivity index is 1.98. The number of hydrogen-bond donors (Lipinski definition) is 1. The summed E-state index contributed by atoms with van der Waals surface area (Å²) in [7, 11) is 0. The van der Waals surface area contributed by atoms with Gasteiger partial charge in [-0.3, -0.25) is 0 Å². The summed E-state index contributed by atoms with van der Waals surface area (Å²) < 4.78 is 0. The summed E-state index contributed by atoms with van der Waals surface area (Å²) in [6, 6.07) is 0. The summed E-state index contributed by atoms with van der Waals surface area (Å²) in [5, 5.41) is 8.98. The highest BCUT2D eigenvalue weighted by Crippen LogP contribution is 2.26. The van der Waals surface area contributed by atoms with Gasteiger partial charge in [-0.1, -0.05) is 31.4 Å². The maximum atomic E-state index is 8.98. The molecule has 1 aliphatic rings. The molecule has 1 N–H and O–H groups in total. The van der Waals surface area contributed by atoms with Crippen molar-refractivity contribution in [2.75, 3.05) is 0 Å². The molecule has 1 saturated carbocycles. The van der Waals surface area contributed by atoms with Crippen LogP contribution in [0.5, 0.6) is 0 Å². The minimum atomic E-state index is -0.0209. The number of allylic oxidation sites excluding steroid dienone is 1. The van der Waals surface area contributed by atoms with Gasteiger partial charge in [-0.05, 0) is 25.7 Å². The molecule has 64 valence electrons. The van der Waals surface area contributed by atoms with Crippen molar-refractivity contribution in [2.24, 2.45) is 0 Å². The van der Waals surface area contributed by atoms with Gasteiger partial charge in [0, 0.05) is 0 Å². The molecule has 1 fully saturated rings. The number of aliphatic hydroxyl groups excluding tert-OH is 1. The van der Waals surface area contributed by atoms with Crippen LogP contribution >= 0.6 is 0 Å². The van der Waals surface area contributed by atoms with Crippen molar-refractivity contribution in [3.63, 3.8) is 0 Å². The van der Waals surface area contributed by atoms with Crippen LogP contribution in [0.25, 0.3) is 0 Å². The molecule has 0 saturated heterocycles. The van der Waals surface area contributed by atoms with Crippen LogP contribution in [0.4, 0.5) is 0 Å². The van der Waals surface area contributed by atoms with E-state index >= 15 is 0 Å². The van der Waals surface area contributed by atoms with Crippen molar-refractivity contribution in [3.05, 3.63) is 11.6 Å². The molecule has 1 heteroatoms. The molecule has 1 aliphatic carbocycles. The first-order valence-corrected chi connectivity index (χ1v) is 4.69. The average Bonchev–Trinajstić information content (AvgIpc) is 1.94. The van der Waals surface area contributed by atoms with Gasteiger partial charge in [0.05, 0.1) is 6.10 Å². The fraction of sp³-hybridized carbons (Fsp3) is 0.800. The molecule has 0 atom stereocenters. The zero-order chi connectivity index (χ0) is 8.10. The van der Waals surface area contributed by atoms with E-state index in [-0.39, 0.29) is 6.10 Å². The van der Waals surface area contributed by atoms with Crippen LogP contribution in [0.2, 0.25) is 0 Å². The van der Waals surface area contributed by atoms with Crippen LogP contribution in [-0.2, 0) is 0 Å². The summed E-state index contributed by atoms with van der Waals surface area (Å²) in [5.41, 5.74) is 1.47. The molecule has 0 heterocycles. The maximum Gasteiger partial charge on any atom is 0.0614 e. The largest absolute Gasteiger partial charge is 0.392 e. The van der Waals surface area contributed by atoms with Crippen LogP contribution in [-0.4, -0.2) is 11.2 Å². The van der Waals surface area contributed by atoms with Crippen molar-refractivity contribution in [1.82, 2.24) is 0 Å². The van der Waals surface area contributed by atoms with Gasteiger partial charge in [0.15, 0.2) is 0 Å². The molecule has 0 bridgehead atoms. The van der Waals surface area contributed by atoms with Crippen molar-refractivity contribution >= 4 is 0 Å². The van der Waals surface area contributed by atoms with Crippen LogP contribution in [0.3, 0.4) is 0 Å². The average molecular weight is 154 g/mol. The van der Waals surface area contributed by atoms with E-state index in [4.69, 9.17) is 5.11 Å². The first kappa shape index (κ1) is 8.79. The molecule has 1 nitrogen and oxygen atoms in total. The molecule has 0 unspecified atom stereocenters. The Hall–Kier alpha value is -0.300. The van der Waals surface area contributed by atoms with E-state index in [1.165, 1.54) is 31.3 Å². The first-order chi connectivity index (χ1) is 5.33. The number of rotatable bonds is 4. The molecule has 1 rings (SSSR count). The standard InChI is InChI=1S/C10H18O/c1-2-3-4-5-6-9-7-10(11)8-9/h6,10-11H,2-5,7-8H2,1H3. The lowest BCUT2D eigenvalue weighted by molar-refractivity contribution is 0.135. The summed E-state index contributed by atoms with van der Waals surface area (Å²) in [5.74, 6) is 0. The fourth-order valence-electron chi connectivity index (χ4n) is 1.41. The highest BCUT2D eigenvalue weighted by molar-refractivity contribution is 5.13. The van der Waals surface area contributed by atoms with E-state index in [1.54, 1.807) is 0 Å². The van der Waals surface area contributed by atoms with Crippen molar-refractivity contribution < 1.29 is 5.11 Å². The fourth-order valence-corrected chi connectivity index (χ4v) is 1.41. The van der Waals surface area contributed by atoms with Gasteiger partial charge in [0.2, 0.25) is 0 Å². The van der Waals surface area contributed by atoms with Crippen molar-refractivity contribution in [1.29, 1.82) is 0 Å². The highest BCUT2D eigenvalue weighted by atomic mass is 16.3. The lowest BCUT2D eigenvalue weighted by Gasteiger charge is -2.23. The van der Waals surface area contributed by atoms with Gasteiger partial charge in [0.25, 0.3) is 0 Å². The molecule has 0 aliphatic heterocycles. The lowest BCUT2D eigenvalue weighted by Crippen LogP contribution is -2.19. The predicted molar refractivity (Wildman–Crippen MR) is 47.5 cm³/mol. The lowest BCUT2D eigenvalue weighted by atomic mass is 9.88. The van der Waals surface area contributed by atoms with Crippen LogP contribution in [0.15, 0.2) is 11.6 Å². The molecule has 0 aromatic carbocycles. The van der Waals surface area contributed by atoms with Crippen LogP contribution < -0.4 is 0 Å². The zero-order valence-electron chi connectivity index (χ0n) is 7.34. The molecule has 0 aromatic heterocycles. The number of aliphatic hydroxyl groups is 1. The third-order valence-electron chi connectivity index (χ3n) is 2.24. The SMILES string of the molecule is CCCCCC=C1CC(O)C1. The minimum Gasteiger partial charge on any atom is -0.392 e. The molecule has 0 aromatic rings. The first-order valence-electron chi connectivity index (χ1n) is 4.69. The molecule has 0 spiro atoms. The van der Waals surface area contributed by atoms with Gasteiger partial charge in [0.1, 0.15) is 0 Å².